The number of rotatable bonds is 5. The highest BCUT2D eigenvalue weighted by atomic mass is 32.1. The molecular formula is C23H19N3O2S. The van der Waals surface area contributed by atoms with Gasteiger partial charge in [-0.2, -0.15) is 5.10 Å². The molecule has 2 aromatic carbocycles. The minimum absolute atomic E-state index is 0.300. The van der Waals surface area contributed by atoms with E-state index in [-0.39, 0.29) is 11.5 Å². The minimum atomic E-state index is -0.758. The topological polar surface area (TPSA) is 64.0 Å². The third-order valence-corrected chi connectivity index (χ3v) is 5.51. The predicted octanol–water partition coefficient (Wildman–Crippen LogP) is 4.84. The number of nitrogens with one attached hydrogen (secondary N) is 1. The predicted molar refractivity (Wildman–Crippen MR) is 117 cm³/mol. The summed E-state index contributed by atoms with van der Waals surface area (Å²) in [6.07, 6.45) is 0. The van der Waals surface area contributed by atoms with Crippen molar-refractivity contribution in [3.8, 4) is 21.7 Å². The molecule has 4 aromatic rings. The zero-order valence-corrected chi connectivity index (χ0v) is 16.6. The summed E-state index contributed by atoms with van der Waals surface area (Å²) < 4.78 is 1.23. The summed E-state index contributed by atoms with van der Waals surface area (Å²) in [6.45, 7) is 1.67. The zero-order chi connectivity index (χ0) is 20.2. The van der Waals surface area contributed by atoms with Gasteiger partial charge in [0, 0.05) is 17.3 Å². The number of para-hydroxylation sites is 1. The van der Waals surface area contributed by atoms with E-state index in [1.165, 1.54) is 22.1 Å². The Kier molecular flexibility index (Phi) is 5.35. The first-order valence-corrected chi connectivity index (χ1v) is 10.1. The van der Waals surface area contributed by atoms with E-state index in [2.05, 4.69) is 10.4 Å². The SMILES string of the molecule is CC(C(=O)Nc1ccccc1-c1ccccc1)n1nc(-c2cccs2)ccc1=O. The number of thiophene rings is 1. The minimum Gasteiger partial charge on any atom is -0.324 e. The third-order valence-electron chi connectivity index (χ3n) is 4.61. The van der Waals surface area contributed by atoms with Crippen LogP contribution in [0.2, 0.25) is 0 Å². The summed E-state index contributed by atoms with van der Waals surface area (Å²) in [5.74, 6) is -0.300. The van der Waals surface area contributed by atoms with Crippen molar-refractivity contribution in [3.63, 3.8) is 0 Å². The molecule has 4 rings (SSSR count). The van der Waals surface area contributed by atoms with Crippen LogP contribution >= 0.6 is 11.3 Å². The second kappa shape index (κ2) is 8.24. The molecule has 0 bridgehead atoms. The molecule has 0 aliphatic heterocycles. The van der Waals surface area contributed by atoms with Gasteiger partial charge >= 0.3 is 0 Å². The first-order chi connectivity index (χ1) is 14.1. The molecule has 2 heterocycles. The fourth-order valence-corrected chi connectivity index (χ4v) is 3.76. The monoisotopic (exact) mass is 401 g/mol. The first kappa shape index (κ1) is 18.8. The van der Waals surface area contributed by atoms with Gasteiger partial charge < -0.3 is 5.32 Å². The number of benzene rings is 2. The Morgan fingerprint density at radius 1 is 0.966 bits per heavy atom. The number of hydrogen-bond acceptors (Lipinski definition) is 4. The highest BCUT2D eigenvalue weighted by molar-refractivity contribution is 7.13. The van der Waals surface area contributed by atoms with Gasteiger partial charge in [0.05, 0.1) is 4.88 Å². The Morgan fingerprint density at radius 3 is 2.48 bits per heavy atom. The molecule has 144 valence electrons. The van der Waals surface area contributed by atoms with E-state index >= 15 is 0 Å². The normalized spacial score (nSPS) is 11.8. The average molecular weight is 401 g/mol. The molecule has 0 saturated heterocycles. The smallest absolute Gasteiger partial charge is 0.267 e. The lowest BCUT2D eigenvalue weighted by Gasteiger charge is -2.16. The van der Waals surface area contributed by atoms with Crippen molar-refractivity contribution in [1.82, 2.24) is 9.78 Å². The summed E-state index contributed by atoms with van der Waals surface area (Å²) in [4.78, 5) is 26.2. The van der Waals surface area contributed by atoms with Crippen molar-refractivity contribution < 1.29 is 4.79 Å². The summed E-state index contributed by atoms with van der Waals surface area (Å²) in [5.41, 5.74) is 2.97. The number of carbonyl (C=O) groups excluding carboxylic acids is 1. The van der Waals surface area contributed by atoms with E-state index in [4.69, 9.17) is 0 Å². The molecule has 5 nitrogen and oxygen atoms in total. The van der Waals surface area contributed by atoms with Crippen molar-refractivity contribution in [3.05, 3.63) is 94.6 Å². The Hall–Kier alpha value is -3.51. The van der Waals surface area contributed by atoms with Gasteiger partial charge in [-0.1, -0.05) is 54.6 Å². The standard InChI is InChI=1S/C23H19N3O2S/c1-16(26-22(27)14-13-20(25-26)21-12-7-15-29-21)23(28)24-19-11-6-5-10-18(19)17-8-3-2-4-9-17/h2-16H,1H3,(H,24,28). The number of anilines is 1. The van der Waals surface area contributed by atoms with Gasteiger partial charge in [-0.3, -0.25) is 9.59 Å². The van der Waals surface area contributed by atoms with Crippen LogP contribution in [-0.4, -0.2) is 15.7 Å². The van der Waals surface area contributed by atoms with E-state index < -0.39 is 6.04 Å². The molecule has 6 heteroatoms. The maximum atomic E-state index is 12.9. The van der Waals surface area contributed by atoms with Gasteiger partial charge in [0.1, 0.15) is 11.7 Å². The van der Waals surface area contributed by atoms with Crippen LogP contribution in [0.3, 0.4) is 0 Å². The van der Waals surface area contributed by atoms with Crippen LogP contribution in [0, 0.1) is 0 Å². The lowest BCUT2D eigenvalue weighted by atomic mass is 10.0. The largest absolute Gasteiger partial charge is 0.324 e. The van der Waals surface area contributed by atoms with Crippen molar-refractivity contribution in [2.45, 2.75) is 13.0 Å². The highest BCUT2D eigenvalue weighted by Gasteiger charge is 2.19. The Morgan fingerprint density at radius 2 is 1.72 bits per heavy atom. The number of hydrogen-bond donors (Lipinski definition) is 1. The van der Waals surface area contributed by atoms with Gasteiger partial charge in [-0.25, -0.2) is 4.68 Å². The van der Waals surface area contributed by atoms with Crippen LogP contribution in [0.1, 0.15) is 13.0 Å². The summed E-state index contributed by atoms with van der Waals surface area (Å²) in [6, 6.07) is 23.7. The van der Waals surface area contributed by atoms with E-state index in [1.807, 2.05) is 72.1 Å². The quantitative estimate of drug-likeness (QED) is 0.520. The molecule has 0 aliphatic rings. The Balaban J connectivity index is 1.62. The molecule has 1 amide bonds. The van der Waals surface area contributed by atoms with E-state index in [1.54, 1.807) is 13.0 Å². The fraction of sp³-hybridized carbons (Fsp3) is 0.0870. The highest BCUT2D eigenvalue weighted by Crippen LogP contribution is 2.28. The van der Waals surface area contributed by atoms with Gasteiger partial charge in [-0.05, 0) is 36.1 Å². The van der Waals surface area contributed by atoms with Crippen LogP contribution in [0.4, 0.5) is 5.69 Å². The number of amides is 1. The third kappa shape index (κ3) is 4.02. The van der Waals surface area contributed by atoms with Gasteiger partial charge in [-0.15, -0.1) is 11.3 Å². The first-order valence-electron chi connectivity index (χ1n) is 9.22. The number of aromatic nitrogens is 2. The van der Waals surface area contributed by atoms with E-state index in [0.717, 1.165) is 16.0 Å². The van der Waals surface area contributed by atoms with Gasteiger partial charge in [0.15, 0.2) is 0 Å². The lowest BCUT2D eigenvalue weighted by molar-refractivity contribution is -0.119. The van der Waals surface area contributed by atoms with Gasteiger partial charge in [0.2, 0.25) is 5.91 Å². The molecule has 0 aliphatic carbocycles. The zero-order valence-electron chi connectivity index (χ0n) is 15.8. The fourth-order valence-electron chi connectivity index (χ4n) is 3.07. The molecular weight excluding hydrogens is 382 g/mol. The second-order valence-corrected chi connectivity index (χ2v) is 7.50. The second-order valence-electron chi connectivity index (χ2n) is 6.56. The van der Waals surface area contributed by atoms with Crippen LogP contribution in [0.5, 0.6) is 0 Å². The molecule has 29 heavy (non-hydrogen) atoms. The number of nitrogens with zero attached hydrogens (tertiary/aromatic N) is 2. The Bertz CT molecular complexity index is 1180. The lowest BCUT2D eigenvalue weighted by Crippen LogP contribution is -2.33. The molecule has 1 unspecified atom stereocenters. The molecule has 0 spiro atoms. The maximum absolute atomic E-state index is 12.9. The Labute approximate surface area is 172 Å². The molecule has 0 saturated carbocycles. The van der Waals surface area contributed by atoms with Crippen molar-refractivity contribution in [2.24, 2.45) is 0 Å². The molecule has 1 atom stereocenters. The summed E-state index contributed by atoms with van der Waals surface area (Å²) in [7, 11) is 0. The van der Waals surface area contributed by atoms with Crippen LogP contribution < -0.4 is 10.9 Å². The van der Waals surface area contributed by atoms with E-state index in [0.29, 0.717) is 11.4 Å². The van der Waals surface area contributed by atoms with Crippen LogP contribution in [0.25, 0.3) is 21.7 Å². The summed E-state index contributed by atoms with van der Waals surface area (Å²) in [5, 5.41) is 9.31. The van der Waals surface area contributed by atoms with Crippen LogP contribution in [0.15, 0.2) is 89.0 Å². The number of carbonyl (C=O) groups is 1. The van der Waals surface area contributed by atoms with Crippen molar-refractivity contribution in [2.75, 3.05) is 5.32 Å². The van der Waals surface area contributed by atoms with Crippen molar-refractivity contribution >= 4 is 22.9 Å². The van der Waals surface area contributed by atoms with Crippen molar-refractivity contribution in [1.29, 1.82) is 0 Å². The molecule has 0 fully saturated rings. The summed E-state index contributed by atoms with van der Waals surface area (Å²) >= 11 is 1.53. The van der Waals surface area contributed by atoms with Gasteiger partial charge in [0.25, 0.3) is 5.56 Å². The molecule has 1 N–H and O–H groups in total. The van der Waals surface area contributed by atoms with Crippen LogP contribution in [-0.2, 0) is 4.79 Å². The molecule has 0 radical (unpaired) electrons. The average Bonchev–Trinajstić information content (AvgIpc) is 3.29. The maximum Gasteiger partial charge on any atom is 0.267 e. The van der Waals surface area contributed by atoms with E-state index in [9.17, 15) is 9.59 Å². The molecule has 2 aromatic heterocycles.